The van der Waals surface area contributed by atoms with E-state index in [-0.39, 0.29) is 6.04 Å². The lowest BCUT2D eigenvalue weighted by Gasteiger charge is -2.25. The lowest BCUT2D eigenvalue weighted by molar-refractivity contribution is -0.134. The Bertz CT molecular complexity index is 311. The summed E-state index contributed by atoms with van der Waals surface area (Å²) < 4.78 is 24.7. The zero-order chi connectivity index (χ0) is 12.8. The number of unbranched alkanes of at least 4 members (excludes halogenated alkanes) is 2. The fourth-order valence-corrected chi connectivity index (χ4v) is 3.00. The van der Waals surface area contributed by atoms with Gasteiger partial charge < -0.3 is 5.11 Å². The molecule has 0 aliphatic carbocycles. The van der Waals surface area contributed by atoms with Crippen LogP contribution in [0.5, 0.6) is 0 Å². The number of sulfonamides is 1. The van der Waals surface area contributed by atoms with Crippen molar-refractivity contribution in [1.29, 1.82) is 0 Å². The predicted molar refractivity (Wildman–Crippen MR) is 62.8 cm³/mol. The van der Waals surface area contributed by atoms with Crippen LogP contribution in [0.1, 0.15) is 40.0 Å². The van der Waals surface area contributed by atoms with Crippen LogP contribution in [0.25, 0.3) is 0 Å². The highest BCUT2D eigenvalue weighted by Gasteiger charge is 2.26. The van der Waals surface area contributed by atoms with Crippen LogP contribution in [0, 0.1) is 0 Å². The van der Waals surface area contributed by atoms with E-state index in [2.05, 4.69) is 0 Å². The molecule has 0 aliphatic rings. The standard InChI is InChI=1S/C10H21NO4S/c1-4-5-6-7-11(9(2)3)16(14,15)8-10(12)13/h9H,4-8H2,1-3H3,(H,12,13). The summed E-state index contributed by atoms with van der Waals surface area (Å²) in [5.74, 6) is -2.13. The van der Waals surface area contributed by atoms with Gasteiger partial charge in [0.2, 0.25) is 10.0 Å². The molecule has 0 fully saturated rings. The smallest absolute Gasteiger partial charge is 0.320 e. The minimum absolute atomic E-state index is 0.193. The lowest BCUT2D eigenvalue weighted by Crippen LogP contribution is -2.40. The van der Waals surface area contributed by atoms with Crippen molar-refractivity contribution in [2.24, 2.45) is 0 Å². The highest BCUT2D eigenvalue weighted by atomic mass is 32.2. The molecule has 0 rings (SSSR count). The van der Waals surface area contributed by atoms with Crippen LogP contribution in [0.2, 0.25) is 0 Å². The van der Waals surface area contributed by atoms with Gasteiger partial charge >= 0.3 is 5.97 Å². The highest BCUT2D eigenvalue weighted by molar-refractivity contribution is 7.89. The fraction of sp³-hybridized carbons (Fsp3) is 0.900. The zero-order valence-corrected chi connectivity index (χ0v) is 11.0. The first kappa shape index (κ1) is 15.4. The normalized spacial score (nSPS) is 12.3. The molecule has 0 radical (unpaired) electrons. The van der Waals surface area contributed by atoms with Gasteiger partial charge in [0.15, 0.2) is 5.75 Å². The number of nitrogens with zero attached hydrogens (tertiary/aromatic N) is 1. The largest absolute Gasteiger partial charge is 0.480 e. The molecule has 0 aromatic carbocycles. The summed E-state index contributed by atoms with van der Waals surface area (Å²) in [5, 5.41) is 8.55. The summed E-state index contributed by atoms with van der Waals surface area (Å²) in [5.41, 5.74) is 0. The Morgan fingerprint density at radius 3 is 2.25 bits per heavy atom. The SMILES string of the molecule is CCCCCN(C(C)C)S(=O)(=O)CC(=O)O. The molecule has 0 aromatic heterocycles. The number of hydrogen-bond donors (Lipinski definition) is 1. The van der Waals surface area contributed by atoms with Crippen LogP contribution >= 0.6 is 0 Å². The van der Waals surface area contributed by atoms with E-state index in [4.69, 9.17) is 5.11 Å². The molecule has 0 unspecified atom stereocenters. The molecule has 16 heavy (non-hydrogen) atoms. The lowest BCUT2D eigenvalue weighted by atomic mass is 10.2. The summed E-state index contributed by atoms with van der Waals surface area (Å²) in [4.78, 5) is 10.5. The molecule has 0 atom stereocenters. The number of carbonyl (C=O) groups is 1. The van der Waals surface area contributed by atoms with E-state index in [0.717, 1.165) is 19.3 Å². The summed E-state index contributed by atoms with van der Waals surface area (Å²) in [6.07, 6.45) is 2.73. The van der Waals surface area contributed by atoms with Gasteiger partial charge in [-0.3, -0.25) is 4.79 Å². The second-order valence-corrected chi connectivity index (χ2v) is 5.98. The minimum atomic E-state index is -3.67. The van der Waals surface area contributed by atoms with E-state index < -0.39 is 21.7 Å². The Kier molecular flexibility index (Phi) is 6.59. The topological polar surface area (TPSA) is 74.7 Å². The first-order valence-corrected chi connectivity index (χ1v) is 7.13. The third-order valence-electron chi connectivity index (χ3n) is 2.22. The molecule has 0 aliphatic heterocycles. The van der Waals surface area contributed by atoms with Gasteiger partial charge in [0.25, 0.3) is 0 Å². The van der Waals surface area contributed by atoms with Crippen LogP contribution in [-0.2, 0) is 14.8 Å². The number of hydrogen-bond acceptors (Lipinski definition) is 3. The highest BCUT2D eigenvalue weighted by Crippen LogP contribution is 2.10. The zero-order valence-electron chi connectivity index (χ0n) is 10.1. The second-order valence-electron chi connectivity index (χ2n) is 4.06. The minimum Gasteiger partial charge on any atom is -0.480 e. The third-order valence-corrected chi connectivity index (χ3v) is 4.15. The van der Waals surface area contributed by atoms with Crippen LogP contribution in [0.15, 0.2) is 0 Å². The molecule has 0 bridgehead atoms. The molecule has 0 heterocycles. The van der Waals surface area contributed by atoms with E-state index in [1.54, 1.807) is 13.8 Å². The first-order chi connectivity index (χ1) is 7.31. The molecule has 5 nitrogen and oxygen atoms in total. The van der Waals surface area contributed by atoms with E-state index in [0.29, 0.717) is 6.54 Å². The van der Waals surface area contributed by atoms with Crippen molar-refractivity contribution in [2.75, 3.05) is 12.3 Å². The van der Waals surface area contributed by atoms with Crippen LogP contribution in [-0.4, -0.2) is 42.1 Å². The number of aliphatic carboxylic acids is 1. The third kappa shape index (κ3) is 5.46. The Morgan fingerprint density at radius 2 is 1.88 bits per heavy atom. The quantitative estimate of drug-likeness (QED) is 0.660. The average Bonchev–Trinajstić information content (AvgIpc) is 2.08. The summed E-state index contributed by atoms with van der Waals surface area (Å²) >= 11 is 0. The second kappa shape index (κ2) is 6.85. The van der Waals surface area contributed by atoms with E-state index >= 15 is 0 Å². The fourth-order valence-electron chi connectivity index (χ4n) is 1.48. The van der Waals surface area contributed by atoms with Crippen molar-refractivity contribution in [2.45, 2.75) is 46.1 Å². The number of carboxylic acids is 1. The molecule has 0 saturated carbocycles. The Balaban J connectivity index is 4.57. The van der Waals surface area contributed by atoms with Gasteiger partial charge in [0.05, 0.1) is 0 Å². The van der Waals surface area contributed by atoms with E-state index in [1.807, 2.05) is 6.92 Å². The maximum Gasteiger partial charge on any atom is 0.320 e. The van der Waals surface area contributed by atoms with Crippen molar-refractivity contribution in [3.63, 3.8) is 0 Å². The Morgan fingerprint density at radius 1 is 1.31 bits per heavy atom. The van der Waals surface area contributed by atoms with Gasteiger partial charge in [0.1, 0.15) is 0 Å². The molecule has 6 heteroatoms. The molecule has 0 saturated heterocycles. The van der Waals surface area contributed by atoms with Gasteiger partial charge in [-0.1, -0.05) is 19.8 Å². The molecule has 0 amide bonds. The van der Waals surface area contributed by atoms with Crippen molar-refractivity contribution < 1.29 is 18.3 Å². The molecule has 96 valence electrons. The van der Waals surface area contributed by atoms with Crippen molar-refractivity contribution in [3.05, 3.63) is 0 Å². The molecule has 1 N–H and O–H groups in total. The molecular formula is C10H21NO4S. The number of carboxylic acid groups (broad SMARTS) is 1. The molecule has 0 spiro atoms. The van der Waals surface area contributed by atoms with E-state index in [9.17, 15) is 13.2 Å². The van der Waals surface area contributed by atoms with Gasteiger partial charge in [-0.05, 0) is 20.3 Å². The maximum absolute atomic E-state index is 11.7. The molecule has 0 aromatic rings. The predicted octanol–water partition coefficient (Wildman–Crippen LogP) is 1.30. The van der Waals surface area contributed by atoms with Crippen LogP contribution in [0.4, 0.5) is 0 Å². The van der Waals surface area contributed by atoms with Gasteiger partial charge in [-0.25, -0.2) is 8.42 Å². The van der Waals surface area contributed by atoms with Crippen molar-refractivity contribution >= 4 is 16.0 Å². The van der Waals surface area contributed by atoms with Gasteiger partial charge in [-0.15, -0.1) is 0 Å². The monoisotopic (exact) mass is 251 g/mol. The van der Waals surface area contributed by atoms with Crippen molar-refractivity contribution in [3.8, 4) is 0 Å². The summed E-state index contributed by atoms with van der Waals surface area (Å²) in [6.45, 7) is 5.95. The van der Waals surface area contributed by atoms with Crippen LogP contribution in [0.3, 0.4) is 0 Å². The van der Waals surface area contributed by atoms with Crippen LogP contribution < -0.4 is 0 Å². The van der Waals surface area contributed by atoms with E-state index in [1.165, 1.54) is 4.31 Å². The summed E-state index contributed by atoms with van der Waals surface area (Å²) in [6, 6.07) is -0.193. The number of rotatable bonds is 8. The first-order valence-electron chi connectivity index (χ1n) is 5.52. The van der Waals surface area contributed by atoms with Crippen molar-refractivity contribution in [1.82, 2.24) is 4.31 Å². The average molecular weight is 251 g/mol. The Labute approximate surface area is 97.5 Å². The van der Waals surface area contributed by atoms with Gasteiger partial charge in [0, 0.05) is 12.6 Å². The summed E-state index contributed by atoms with van der Waals surface area (Å²) in [7, 11) is -3.67. The Hall–Kier alpha value is -0.620. The van der Waals surface area contributed by atoms with Gasteiger partial charge in [-0.2, -0.15) is 4.31 Å². The maximum atomic E-state index is 11.7. The molecular weight excluding hydrogens is 230 g/mol.